The first-order valence-electron chi connectivity index (χ1n) is 9.57. The predicted molar refractivity (Wildman–Crippen MR) is 103 cm³/mol. The van der Waals surface area contributed by atoms with Crippen molar-refractivity contribution in [3.63, 3.8) is 0 Å². The number of fused-ring (bicyclic) bond motifs is 1. The van der Waals surface area contributed by atoms with Crippen molar-refractivity contribution in [3.05, 3.63) is 59.7 Å². The molecule has 0 radical (unpaired) electrons. The maximum Gasteiger partial charge on any atom is 0.167 e. The summed E-state index contributed by atoms with van der Waals surface area (Å²) in [6.07, 6.45) is 3.93. The lowest BCUT2D eigenvalue weighted by Crippen LogP contribution is -2.43. The Hall–Kier alpha value is -2.17. The molecule has 1 aliphatic heterocycles. The van der Waals surface area contributed by atoms with Crippen LogP contribution in [0, 0.1) is 5.92 Å². The van der Waals surface area contributed by atoms with Gasteiger partial charge in [0, 0.05) is 24.1 Å². The quantitative estimate of drug-likeness (QED) is 0.914. The lowest BCUT2D eigenvalue weighted by atomic mass is 9.82. The van der Waals surface area contributed by atoms with Gasteiger partial charge in [0.05, 0.1) is 0 Å². The zero-order valence-electron chi connectivity index (χ0n) is 15.1. The molecule has 1 unspecified atom stereocenters. The first kappa shape index (κ1) is 17.3. The van der Waals surface area contributed by atoms with Crippen molar-refractivity contribution in [1.29, 1.82) is 0 Å². The van der Waals surface area contributed by atoms with E-state index in [0.717, 1.165) is 67.9 Å². The number of nitrogens with two attached hydrogens (primary N) is 1. The highest BCUT2D eigenvalue weighted by molar-refractivity contribution is 6.00. The fourth-order valence-electron chi connectivity index (χ4n) is 4.01. The minimum atomic E-state index is 0.109. The van der Waals surface area contributed by atoms with Crippen molar-refractivity contribution in [2.24, 2.45) is 11.7 Å². The SMILES string of the molecule is NC1CCN(CC2CCc3cc(Oc4ccccc4)ccc3C2=O)CC1. The number of benzene rings is 2. The molecule has 2 aromatic carbocycles. The molecule has 2 aromatic rings. The number of aryl methyl sites for hydroxylation is 1. The van der Waals surface area contributed by atoms with Crippen LogP contribution >= 0.6 is 0 Å². The van der Waals surface area contributed by atoms with Gasteiger partial charge in [-0.25, -0.2) is 0 Å². The van der Waals surface area contributed by atoms with Gasteiger partial charge in [0.15, 0.2) is 5.78 Å². The summed E-state index contributed by atoms with van der Waals surface area (Å²) >= 11 is 0. The monoisotopic (exact) mass is 350 g/mol. The van der Waals surface area contributed by atoms with E-state index in [1.807, 2.05) is 48.5 Å². The Morgan fingerprint density at radius 2 is 1.77 bits per heavy atom. The Balaban J connectivity index is 1.43. The Labute approximate surface area is 155 Å². The lowest BCUT2D eigenvalue weighted by molar-refractivity contribution is 0.0841. The third-order valence-corrected chi connectivity index (χ3v) is 5.56. The van der Waals surface area contributed by atoms with E-state index in [9.17, 15) is 4.79 Å². The maximum absolute atomic E-state index is 12.9. The van der Waals surface area contributed by atoms with Crippen LogP contribution in [-0.2, 0) is 6.42 Å². The molecule has 26 heavy (non-hydrogen) atoms. The van der Waals surface area contributed by atoms with Gasteiger partial charge in [-0.2, -0.15) is 0 Å². The number of hydrogen-bond acceptors (Lipinski definition) is 4. The van der Waals surface area contributed by atoms with Gasteiger partial charge in [-0.1, -0.05) is 18.2 Å². The van der Waals surface area contributed by atoms with E-state index in [1.165, 1.54) is 0 Å². The molecule has 1 fully saturated rings. The van der Waals surface area contributed by atoms with Gasteiger partial charge in [-0.15, -0.1) is 0 Å². The molecular weight excluding hydrogens is 324 g/mol. The van der Waals surface area contributed by atoms with Gasteiger partial charge in [-0.3, -0.25) is 4.79 Å². The van der Waals surface area contributed by atoms with Crippen LogP contribution in [0.2, 0.25) is 0 Å². The highest BCUT2D eigenvalue weighted by Crippen LogP contribution is 2.31. The molecule has 1 atom stereocenters. The molecule has 1 heterocycles. The second-order valence-corrected chi connectivity index (χ2v) is 7.47. The van der Waals surface area contributed by atoms with Crippen molar-refractivity contribution < 1.29 is 9.53 Å². The van der Waals surface area contributed by atoms with E-state index < -0.39 is 0 Å². The second kappa shape index (κ2) is 7.60. The minimum Gasteiger partial charge on any atom is -0.457 e. The first-order chi connectivity index (χ1) is 12.7. The van der Waals surface area contributed by atoms with E-state index in [1.54, 1.807) is 0 Å². The van der Waals surface area contributed by atoms with Crippen LogP contribution in [0.5, 0.6) is 11.5 Å². The molecule has 4 nitrogen and oxygen atoms in total. The highest BCUT2D eigenvalue weighted by Gasteiger charge is 2.30. The highest BCUT2D eigenvalue weighted by atomic mass is 16.5. The third kappa shape index (κ3) is 3.81. The Morgan fingerprint density at radius 3 is 2.54 bits per heavy atom. The summed E-state index contributed by atoms with van der Waals surface area (Å²) in [4.78, 5) is 15.3. The smallest absolute Gasteiger partial charge is 0.167 e. The normalized spacial score (nSPS) is 21.4. The molecule has 136 valence electrons. The summed E-state index contributed by atoms with van der Waals surface area (Å²) in [5.41, 5.74) is 7.97. The van der Waals surface area contributed by atoms with Crippen LogP contribution < -0.4 is 10.5 Å². The van der Waals surface area contributed by atoms with Gasteiger partial charge in [0.25, 0.3) is 0 Å². The number of ether oxygens (including phenoxy) is 1. The average molecular weight is 350 g/mol. The summed E-state index contributed by atoms with van der Waals surface area (Å²) in [6, 6.07) is 15.9. The zero-order chi connectivity index (χ0) is 17.9. The predicted octanol–water partition coefficient (Wildman–Crippen LogP) is 3.65. The second-order valence-electron chi connectivity index (χ2n) is 7.47. The molecule has 0 aromatic heterocycles. The number of likely N-dealkylation sites (tertiary alicyclic amines) is 1. The molecule has 1 saturated heterocycles. The van der Waals surface area contributed by atoms with Gasteiger partial charge < -0.3 is 15.4 Å². The van der Waals surface area contributed by atoms with E-state index in [2.05, 4.69) is 4.90 Å². The Kier molecular flexibility index (Phi) is 5.05. The average Bonchev–Trinajstić information content (AvgIpc) is 2.67. The van der Waals surface area contributed by atoms with Gasteiger partial charge in [0.2, 0.25) is 0 Å². The van der Waals surface area contributed by atoms with Crippen molar-refractivity contribution in [1.82, 2.24) is 4.90 Å². The van der Waals surface area contributed by atoms with Gasteiger partial charge in [-0.05, 0) is 74.7 Å². The number of nitrogens with zero attached hydrogens (tertiary/aromatic N) is 1. The number of piperidine rings is 1. The summed E-state index contributed by atoms with van der Waals surface area (Å²) in [6.45, 7) is 2.90. The van der Waals surface area contributed by atoms with Crippen LogP contribution in [0.15, 0.2) is 48.5 Å². The van der Waals surface area contributed by atoms with E-state index in [0.29, 0.717) is 6.04 Å². The van der Waals surface area contributed by atoms with Crippen molar-refractivity contribution in [2.45, 2.75) is 31.7 Å². The van der Waals surface area contributed by atoms with Crippen LogP contribution in [0.4, 0.5) is 0 Å². The van der Waals surface area contributed by atoms with Crippen molar-refractivity contribution in [2.75, 3.05) is 19.6 Å². The lowest BCUT2D eigenvalue weighted by Gasteiger charge is -2.34. The molecule has 0 spiro atoms. The van der Waals surface area contributed by atoms with Gasteiger partial charge >= 0.3 is 0 Å². The molecular formula is C22H26N2O2. The van der Waals surface area contributed by atoms with E-state index in [4.69, 9.17) is 10.5 Å². The number of ketones is 1. The summed E-state index contributed by atoms with van der Waals surface area (Å²) in [7, 11) is 0. The van der Waals surface area contributed by atoms with E-state index in [-0.39, 0.29) is 11.7 Å². The number of Topliss-reactive ketones (excluding diaryl/α,β-unsaturated/α-hetero) is 1. The number of carbonyl (C=O) groups excluding carboxylic acids is 1. The van der Waals surface area contributed by atoms with Crippen LogP contribution in [0.1, 0.15) is 35.2 Å². The number of rotatable bonds is 4. The van der Waals surface area contributed by atoms with Gasteiger partial charge in [0.1, 0.15) is 11.5 Å². The largest absolute Gasteiger partial charge is 0.457 e. The summed E-state index contributed by atoms with van der Waals surface area (Å²) < 4.78 is 5.91. The number of para-hydroxylation sites is 1. The summed E-state index contributed by atoms with van der Waals surface area (Å²) in [5.74, 6) is 2.01. The van der Waals surface area contributed by atoms with Crippen LogP contribution in [0.25, 0.3) is 0 Å². The van der Waals surface area contributed by atoms with E-state index >= 15 is 0 Å². The molecule has 4 heteroatoms. The molecule has 0 amide bonds. The van der Waals surface area contributed by atoms with Crippen molar-refractivity contribution >= 4 is 5.78 Å². The topological polar surface area (TPSA) is 55.6 Å². The third-order valence-electron chi connectivity index (χ3n) is 5.56. The van der Waals surface area contributed by atoms with Crippen molar-refractivity contribution in [3.8, 4) is 11.5 Å². The summed E-state index contributed by atoms with van der Waals surface area (Å²) in [5, 5.41) is 0. The maximum atomic E-state index is 12.9. The fraction of sp³-hybridized carbons (Fsp3) is 0.409. The molecule has 4 rings (SSSR count). The van der Waals surface area contributed by atoms with Crippen LogP contribution in [0.3, 0.4) is 0 Å². The molecule has 0 saturated carbocycles. The fourth-order valence-corrected chi connectivity index (χ4v) is 4.01. The van der Waals surface area contributed by atoms with Crippen LogP contribution in [-0.4, -0.2) is 36.4 Å². The molecule has 1 aliphatic carbocycles. The Bertz CT molecular complexity index is 767. The standard InChI is InChI=1S/C22H26N2O2/c23-18-10-12-24(13-11-18)15-17-7-6-16-14-20(8-9-21(16)22(17)25)26-19-4-2-1-3-5-19/h1-5,8-9,14,17-18H,6-7,10-13,15,23H2. The number of carbonyl (C=O) groups is 1. The molecule has 0 bridgehead atoms. The first-order valence-corrected chi connectivity index (χ1v) is 9.57. The minimum absolute atomic E-state index is 0.109. The molecule has 2 N–H and O–H groups in total. The zero-order valence-corrected chi connectivity index (χ0v) is 15.1. The Morgan fingerprint density at radius 1 is 1.00 bits per heavy atom. The number of hydrogen-bond donors (Lipinski definition) is 1. The molecule has 2 aliphatic rings.